The number of carbonyl (C=O) groups is 2. The highest BCUT2D eigenvalue weighted by atomic mass is 16.2. The van der Waals surface area contributed by atoms with Gasteiger partial charge in [-0.2, -0.15) is 0 Å². The van der Waals surface area contributed by atoms with Gasteiger partial charge in [0.1, 0.15) is 12.1 Å². The van der Waals surface area contributed by atoms with E-state index < -0.39 is 0 Å². The molecule has 2 saturated heterocycles. The van der Waals surface area contributed by atoms with Crippen LogP contribution in [0.3, 0.4) is 0 Å². The second kappa shape index (κ2) is 4.31. The molecule has 2 rings (SSSR count). The van der Waals surface area contributed by atoms with Crippen LogP contribution in [0.1, 0.15) is 40.5 Å². The van der Waals surface area contributed by atoms with Crippen molar-refractivity contribution in [3.63, 3.8) is 0 Å². The summed E-state index contributed by atoms with van der Waals surface area (Å²) in [5.74, 6) is 0.651. The van der Waals surface area contributed by atoms with Crippen LogP contribution >= 0.6 is 0 Å². The zero-order valence-corrected chi connectivity index (χ0v) is 11.1. The van der Waals surface area contributed by atoms with Crippen molar-refractivity contribution in [2.45, 2.75) is 58.7 Å². The number of rotatable bonds is 2. The second-order valence-electron chi connectivity index (χ2n) is 5.60. The number of hydrogen-bond donors (Lipinski definition) is 0. The van der Waals surface area contributed by atoms with E-state index in [1.165, 1.54) is 0 Å². The first kappa shape index (κ1) is 12.4. The monoisotopic (exact) mass is 238 g/mol. The van der Waals surface area contributed by atoms with Crippen LogP contribution in [0.25, 0.3) is 0 Å². The van der Waals surface area contributed by atoms with Crippen LogP contribution in [0.2, 0.25) is 0 Å². The van der Waals surface area contributed by atoms with E-state index in [-0.39, 0.29) is 29.9 Å². The summed E-state index contributed by atoms with van der Waals surface area (Å²) in [5.41, 5.74) is 0. The van der Waals surface area contributed by atoms with Gasteiger partial charge in [-0.05, 0) is 32.6 Å². The predicted molar refractivity (Wildman–Crippen MR) is 65.3 cm³/mol. The lowest BCUT2D eigenvalue weighted by atomic mass is 9.98. The Kier molecular flexibility index (Phi) is 3.15. The molecular formula is C13H22N2O2. The average molecular weight is 238 g/mol. The van der Waals surface area contributed by atoms with E-state index in [1.807, 2.05) is 13.8 Å². The lowest BCUT2D eigenvalue weighted by Gasteiger charge is -2.45. The molecule has 2 heterocycles. The lowest BCUT2D eigenvalue weighted by Crippen LogP contribution is -2.64. The molecule has 2 fully saturated rings. The molecule has 0 N–H and O–H groups in total. The van der Waals surface area contributed by atoms with E-state index >= 15 is 0 Å². The fourth-order valence-electron chi connectivity index (χ4n) is 2.88. The van der Waals surface area contributed by atoms with Gasteiger partial charge in [0.15, 0.2) is 0 Å². The van der Waals surface area contributed by atoms with Crippen molar-refractivity contribution >= 4 is 11.8 Å². The van der Waals surface area contributed by atoms with Crippen LogP contribution < -0.4 is 0 Å². The number of nitrogens with zero attached hydrogens (tertiary/aromatic N) is 2. The summed E-state index contributed by atoms with van der Waals surface area (Å²) >= 11 is 0. The zero-order valence-electron chi connectivity index (χ0n) is 11.1. The van der Waals surface area contributed by atoms with Gasteiger partial charge in [-0.3, -0.25) is 9.59 Å². The summed E-state index contributed by atoms with van der Waals surface area (Å²) in [6.45, 7) is 8.83. The molecule has 3 atom stereocenters. The Morgan fingerprint density at radius 1 is 1.18 bits per heavy atom. The topological polar surface area (TPSA) is 40.6 Å². The summed E-state index contributed by atoms with van der Waals surface area (Å²) < 4.78 is 0. The third kappa shape index (κ3) is 1.83. The number of carbonyl (C=O) groups excluding carboxylic acids is 2. The second-order valence-corrected chi connectivity index (χ2v) is 5.60. The van der Waals surface area contributed by atoms with Crippen molar-refractivity contribution in [2.75, 3.05) is 6.54 Å². The number of piperazine rings is 1. The van der Waals surface area contributed by atoms with Crippen molar-refractivity contribution < 1.29 is 9.59 Å². The molecule has 96 valence electrons. The Morgan fingerprint density at radius 3 is 2.41 bits per heavy atom. The fourth-order valence-corrected chi connectivity index (χ4v) is 2.88. The SMILES string of the molecule is CC(C)C(C)N1C(=O)C2CCCN2C(=O)C1C. The van der Waals surface area contributed by atoms with Gasteiger partial charge in [0, 0.05) is 12.6 Å². The van der Waals surface area contributed by atoms with Gasteiger partial charge < -0.3 is 9.80 Å². The Morgan fingerprint density at radius 2 is 1.82 bits per heavy atom. The average Bonchev–Trinajstić information content (AvgIpc) is 2.75. The van der Waals surface area contributed by atoms with Crippen molar-refractivity contribution in [3.8, 4) is 0 Å². The van der Waals surface area contributed by atoms with E-state index in [9.17, 15) is 9.59 Å². The van der Waals surface area contributed by atoms with E-state index in [0.29, 0.717) is 5.92 Å². The maximum absolute atomic E-state index is 12.4. The summed E-state index contributed by atoms with van der Waals surface area (Å²) in [5, 5.41) is 0. The summed E-state index contributed by atoms with van der Waals surface area (Å²) in [7, 11) is 0. The number of amides is 2. The predicted octanol–water partition coefficient (Wildman–Crippen LogP) is 1.25. The quantitative estimate of drug-likeness (QED) is 0.726. The highest BCUT2D eigenvalue weighted by Crippen LogP contribution is 2.29. The van der Waals surface area contributed by atoms with Gasteiger partial charge >= 0.3 is 0 Å². The molecule has 0 saturated carbocycles. The van der Waals surface area contributed by atoms with Crippen molar-refractivity contribution in [3.05, 3.63) is 0 Å². The molecule has 2 amide bonds. The van der Waals surface area contributed by atoms with Crippen LogP contribution in [-0.2, 0) is 9.59 Å². The molecule has 2 aliphatic heterocycles. The smallest absolute Gasteiger partial charge is 0.246 e. The van der Waals surface area contributed by atoms with Gasteiger partial charge in [0.2, 0.25) is 11.8 Å². The van der Waals surface area contributed by atoms with Crippen molar-refractivity contribution in [2.24, 2.45) is 5.92 Å². The van der Waals surface area contributed by atoms with Gasteiger partial charge in [-0.1, -0.05) is 13.8 Å². The third-order valence-corrected chi connectivity index (χ3v) is 4.25. The molecule has 2 aliphatic rings. The van der Waals surface area contributed by atoms with Gasteiger partial charge in [-0.15, -0.1) is 0 Å². The Balaban J connectivity index is 2.27. The standard InChI is InChI=1S/C13H22N2O2/c1-8(2)9(3)15-10(4)12(16)14-7-5-6-11(14)13(15)17/h8-11H,5-7H2,1-4H3. The molecule has 0 radical (unpaired) electrons. The van der Waals surface area contributed by atoms with Gasteiger partial charge in [0.05, 0.1) is 0 Å². The molecule has 0 aliphatic carbocycles. The number of hydrogen-bond acceptors (Lipinski definition) is 2. The van der Waals surface area contributed by atoms with E-state index in [1.54, 1.807) is 9.80 Å². The molecule has 17 heavy (non-hydrogen) atoms. The minimum atomic E-state index is -0.297. The van der Waals surface area contributed by atoms with E-state index in [2.05, 4.69) is 13.8 Å². The summed E-state index contributed by atoms with van der Waals surface area (Å²) in [6, 6.07) is -0.349. The van der Waals surface area contributed by atoms with E-state index in [4.69, 9.17) is 0 Å². The molecule has 3 unspecified atom stereocenters. The van der Waals surface area contributed by atoms with Crippen molar-refractivity contribution in [1.82, 2.24) is 9.80 Å². The normalized spacial score (nSPS) is 31.1. The molecule has 4 heteroatoms. The maximum Gasteiger partial charge on any atom is 0.246 e. The first-order valence-corrected chi connectivity index (χ1v) is 6.57. The largest absolute Gasteiger partial charge is 0.329 e. The Hall–Kier alpha value is -1.06. The van der Waals surface area contributed by atoms with Crippen LogP contribution in [0, 0.1) is 5.92 Å². The highest BCUT2D eigenvalue weighted by Gasteiger charge is 2.47. The summed E-state index contributed by atoms with van der Waals surface area (Å²) in [6.07, 6.45) is 1.79. The third-order valence-electron chi connectivity index (χ3n) is 4.25. The Bertz CT molecular complexity index is 340. The summed E-state index contributed by atoms with van der Waals surface area (Å²) in [4.78, 5) is 28.2. The van der Waals surface area contributed by atoms with Gasteiger partial charge in [-0.25, -0.2) is 0 Å². The Labute approximate surface area is 103 Å². The highest BCUT2D eigenvalue weighted by molar-refractivity contribution is 5.97. The van der Waals surface area contributed by atoms with Crippen molar-refractivity contribution in [1.29, 1.82) is 0 Å². The van der Waals surface area contributed by atoms with Crippen LogP contribution in [0.5, 0.6) is 0 Å². The first-order chi connectivity index (χ1) is 7.95. The minimum Gasteiger partial charge on any atom is -0.329 e. The van der Waals surface area contributed by atoms with Crippen LogP contribution in [0.4, 0.5) is 0 Å². The molecule has 4 nitrogen and oxygen atoms in total. The van der Waals surface area contributed by atoms with Crippen LogP contribution in [-0.4, -0.2) is 46.3 Å². The maximum atomic E-state index is 12.4. The molecular weight excluding hydrogens is 216 g/mol. The first-order valence-electron chi connectivity index (χ1n) is 6.57. The number of fused-ring (bicyclic) bond motifs is 1. The van der Waals surface area contributed by atoms with E-state index in [0.717, 1.165) is 19.4 Å². The lowest BCUT2D eigenvalue weighted by molar-refractivity contribution is -0.161. The minimum absolute atomic E-state index is 0.125. The molecule has 0 aromatic heterocycles. The fraction of sp³-hybridized carbons (Fsp3) is 0.846. The molecule has 0 bridgehead atoms. The molecule has 0 aromatic rings. The molecule has 0 spiro atoms. The van der Waals surface area contributed by atoms with Crippen LogP contribution in [0.15, 0.2) is 0 Å². The van der Waals surface area contributed by atoms with Gasteiger partial charge in [0.25, 0.3) is 0 Å². The molecule has 0 aromatic carbocycles. The zero-order chi connectivity index (χ0) is 12.7.